The first-order valence-electron chi connectivity index (χ1n) is 36.1. The van der Waals surface area contributed by atoms with Crippen LogP contribution in [-0.4, -0.2) is 37.2 Å². The van der Waals surface area contributed by atoms with Crippen LogP contribution in [-0.2, 0) is 28.6 Å². The third kappa shape index (κ3) is 69.3. The lowest BCUT2D eigenvalue weighted by atomic mass is 10.0. The molecule has 0 N–H and O–H groups in total. The summed E-state index contributed by atoms with van der Waals surface area (Å²) in [6, 6.07) is 0. The molecule has 6 heteroatoms. The molecule has 0 rings (SSSR count). The lowest BCUT2D eigenvalue weighted by Crippen LogP contribution is -2.30. The van der Waals surface area contributed by atoms with E-state index in [1.807, 2.05) is 0 Å². The van der Waals surface area contributed by atoms with Crippen LogP contribution >= 0.6 is 0 Å². The molecular formula is C77H136O6. The summed E-state index contributed by atoms with van der Waals surface area (Å²) >= 11 is 0. The SMILES string of the molecule is CC/C=C\C/C=C\C/C=C\C/C=C\C/C=C\CCCCCCCCCCCCCC(=O)OCC(COC(=O)CCCCCCC/C=C\CCCCCCCC)OC(=O)CCCCCCCCCCCCC/C=C\CCCCCCCCCC. The summed E-state index contributed by atoms with van der Waals surface area (Å²) in [4.78, 5) is 38.5. The predicted molar refractivity (Wildman–Crippen MR) is 362 cm³/mol. The average Bonchev–Trinajstić information content (AvgIpc) is 3.49. The zero-order valence-corrected chi connectivity index (χ0v) is 55.2. The van der Waals surface area contributed by atoms with Gasteiger partial charge in [0.25, 0.3) is 0 Å². The standard InChI is InChI=1S/C77H136O6/c1-4-7-10-13-16-19-22-25-28-30-32-34-36-37-38-39-41-42-44-46-49-52-55-58-61-64-67-70-76(79)82-73-74(72-81-75(78)69-66-63-60-57-54-51-48-27-24-21-18-15-12-9-6-3)83-77(80)71-68-65-62-59-56-53-50-47-45-43-40-35-33-31-29-26-23-20-17-14-11-8-5-2/h7,10,16,19,25,27-28,31-34,37-38,48,74H,4-6,8-9,11-15,17-18,20-24,26,29-30,35-36,39-47,49-73H2,1-3H3/b10-7-,19-16-,28-25-,33-31-,34-32-,38-37-,48-27-. The highest BCUT2D eigenvalue weighted by atomic mass is 16.6. The normalized spacial score (nSPS) is 12.6. The minimum atomic E-state index is -0.783. The van der Waals surface area contributed by atoms with Gasteiger partial charge in [-0.3, -0.25) is 14.4 Å². The van der Waals surface area contributed by atoms with Crippen LogP contribution < -0.4 is 0 Å². The summed E-state index contributed by atoms with van der Waals surface area (Å²) in [5.74, 6) is -0.870. The van der Waals surface area contributed by atoms with E-state index in [1.54, 1.807) is 0 Å². The van der Waals surface area contributed by atoms with Crippen LogP contribution in [0.4, 0.5) is 0 Å². The van der Waals surface area contributed by atoms with Crippen LogP contribution in [0.5, 0.6) is 0 Å². The van der Waals surface area contributed by atoms with Gasteiger partial charge in [0.05, 0.1) is 0 Å². The van der Waals surface area contributed by atoms with Crippen molar-refractivity contribution < 1.29 is 28.6 Å². The molecule has 0 aliphatic rings. The first-order chi connectivity index (χ1) is 41.0. The number of rotatable bonds is 66. The van der Waals surface area contributed by atoms with E-state index < -0.39 is 6.10 Å². The van der Waals surface area contributed by atoms with E-state index >= 15 is 0 Å². The van der Waals surface area contributed by atoms with Crippen LogP contribution in [0.2, 0.25) is 0 Å². The van der Waals surface area contributed by atoms with Crippen molar-refractivity contribution in [3.05, 3.63) is 85.1 Å². The van der Waals surface area contributed by atoms with Crippen molar-refractivity contribution in [1.29, 1.82) is 0 Å². The fraction of sp³-hybridized carbons (Fsp3) is 0.779. The molecule has 480 valence electrons. The van der Waals surface area contributed by atoms with E-state index in [4.69, 9.17) is 14.2 Å². The van der Waals surface area contributed by atoms with Gasteiger partial charge in [-0.25, -0.2) is 0 Å². The van der Waals surface area contributed by atoms with Crippen LogP contribution in [0.1, 0.15) is 367 Å². The van der Waals surface area contributed by atoms with Gasteiger partial charge in [-0.2, -0.15) is 0 Å². The van der Waals surface area contributed by atoms with Crippen molar-refractivity contribution in [1.82, 2.24) is 0 Å². The summed E-state index contributed by atoms with van der Waals surface area (Å²) in [7, 11) is 0. The average molecular weight is 1160 g/mol. The molecule has 0 spiro atoms. The number of unbranched alkanes of at least 4 members (excludes halogenated alkanes) is 41. The summed E-state index contributed by atoms with van der Waals surface area (Å²) < 4.78 is 17.0. The van der Waals surface area contributed by atoms with E-state index in [0.717, 1.165) is 96.3 Å². The molecule has 0 aromatic rings. The van der Waals surface area contributed by atoms with Crippen LogP contribution in [0.15, 0.2) is 85.1 Å². The second-order valence-corrected chi connectivity index (χ2v) is 24.1. The monoisotopic (exact) mass is 1160 g/mol. The Morgan fingerprint density at radius 3 is 0.747 bits per heavy atom. The molecule has 83 heavy (non-hydrogen) atoms. The fourth-order valence-electron chi connectivity index (χ4n) is 10.5. The molecule has 0 aliphatic heterocycles. The van der Waals surface area contributed by atoms with Gasteiger partial charge in [-0.1, -0.05) is 318 Å². The Kier molecular flexibility index (Phi) is 68.2. The van der Waals surface area contributed by atoms with Gasteiger partial charge in [0.2, 0.25) is 0 Å². The lowest BCUT2D eigenvalue weighted by molar-refractivity contribution is -0.167. The number of allylic oxidation sites excluding steroid dienone is 14. The van der Waals surface area contributed by atoms with Gasteiger partial charge in [-0.05, 0) is 116 Å². The third-order valence-corrected chi connectivity index (χ3v) is 15.9. The van der Waals surface area contributed by atoms with Crippen LogP contribution in [0, 0.1) is 0 Å². The molecule has 0 heterocycles. The van der Waals surface area contributed by atoms with E-state index in [0.29, 0.717) is 19.3 Å². The molecule has 0 aromatic heterocycles. The maximum atomic E-state index is 13.0. The van der Waals surface area contributed by atoms with Crippen molar-refractivity contribution in [3.63, 3.8) is 0 Å². The number of carbonyl (C=O) groups excluding carboxylic acids is 3. The second-order valence-electron chi connectivity index (χ2n) is 24.1. The highest BCUT2D eigenvalue weighted by molar-refractivity contribution is 5.71. The van der Waals surface area contributed by atoms with E-state index in [-0.39, 0.29) is 31.1 Å². The van der Waals surface area contributed by atoms with Gasteiger partial charge in [-0.15, -0.1) is 0 Å². The Morgan fingerprint density at radius 1 is 0.253 bits per heavy atom. The minimum Gasteiger partial charge on any atom is -0.462 e. The molecule has 0 fully saturated rings. The summed E-state index contributed by atoms with van der Waals surface area (Å²) in [5, 5.41) is 0. The second kappa shape index (κ2) is 71.1. The van der Waals surface area contributed by atoms with Crippen molar-refractivity contribution in [3.8, 4) is 0 Å². The zero-order chi connectivity index (χ0) is 59.9. The van der Waals surface area contributed by atoms with Gasteiger partial charge < -0.3 is 14.2 Å². The number of ether oxygens (including phenoxy) is 3. The lowest BCUT2D eigenvalue weighted by Gasteiger charge is -2.18. The van der Waals surface area contributed by atoms with Crippen molar-refractivity contribution in [2.75, 3.05) is 13.2 Å². The molecule has 0 aliphatic carbocycles. The fourth-order valence-corrected chi connectivity index (χ4v) is 10.5. The Hall–Kier alpha value is -3.41. The maximum absolute atomic E-state index is 13.0. The van der Waals surface area contributed by atoms with Crippen molar-refractivity contribution in [2.45, 2.75) is 374 Å². The third-order valence-electron chi connectivity index (χ3n) is 15.9. The Balaban J connectivity index is 4.31. The highest BCUT2D eigenvalue weighted by Crippen LogP contribution is 2.17. The summed E-state index contributed by atoms with van der Waals surface area (Å²) in [5.41, 5.74) is 0. The number of esters is 3. The minimum absolute atomic E-state index is 0.0783. The Bertz CT molecular complexity index is 1570. The zero-order valence-electron chi connectivity index (χ0n) is 55.2. The van der Waals surface area contributed by atoms with Crippen LogP contribution in [0.25, 0.3) is 0 Å². The number of hydrogen-bond acceptors (Lipinski definition) is 6. The van der Waals surface area contributed by atoms with Gasteiger partial charge >= 0.3 is 17.9 Å². The molecule has 6 nitrogen and oxygen atoms in total. The van der Waals surface area contributed by atoms with E-state index in [2.05, 4.69) is 106 Å². The number of hydrogen-bond donors (Lipinski definition) is 0. The molecule has 0 aromatic carbocycles. The molecule has 1 atom stereocenters. The van der Waals surface area contributed by atoms with E-state index in [9.17, 15) is 14.4 Å². The van der Waals surface area contributed by atoms with Crippen molar-refractivity contribution >= 4 is 17.9 Å². The number of carbonyl (C=O) groups is 3. The molecule has 0 radical (unpaired) electrons. The van der Waals surface area contributed by atoms with Gasteiger partial charge in [0.15, 0.2) is 6.10 Å². The molecule has 0 bridgehead atoms. The summed E-state index contributed by atoms with van der Waals surface area (Å²) in [6.45, 7) is 6.56. The first-order valence-corrected chi connectivity index (χ1v) is 36.1. The first kappa shape index (κ1) is 79.6. The predicted octanol–water partition coefficient (Wildman–Crippen LogP) is 25.0. The topological polar surface area (TPSA) is 78.9 Å². The Labute approximate surface area is 515 Å². The Morgan fingerprint density at radius 2 is 0.470 bits per heavy atom. The molecule has 0 saturated carbocycles. The van der Waals surface area contributed by atoms with Gasteiger partial charge in [0.1, 0.15) is 13.2 Å². The highest BCUT2D eigenvalue weighted by Gasteiger charge is 2.19. The molecular weight excluding hydrogens is 1020 g/mol. The quantitative estimate of drug-likeness (QED) is 0.0261. The van der Waals surface area contributed by atoms with Gasteiger partial charge in [0, 0.05) is 19.3 Å². The van der Waals surface area contributed by atoms with Crippen LogP contribution in [0.3, 0.4) is 0 Å². The van der Waals surface area contributed by atoms with Crippen molar-refractivity contribution in [2.24, 2.45) is 0 Å². The smallest absolute Gasteiger partial charge is 0.306 e. The molecule has 0 saturated heterocycles. The summed E-state index contributed by atoms with van der Waals surface area (Å²) in [6.07, 6.45) is 94.6. The van der Waals surface area contributed by atoms with E-state index in [1.165, 1.54) is 231 Å². The largest absolute Gasteiger partial charge is 0.462 e. The molecule has 0 amide bonds. The maximum Gasteiger partial charge on any atom is 0.306 e. The molecule has 1 unspecified atom stereocenters.